The van der Waals surface area contributed by atoms with Crippen molar-refractivity contribution in [3.8, 4) is 0 Å². The van der Waals surface area contributed by atoms with Crippen molar-refractivity contribution in [1.82, 2.24) is 5.16 Å². The molecule has 7 heteroatoms. The highest BCUT2D eigenvalue weighted by Gasteiger charge is 2.30. The molecule has 0 unspecified atom stereocenters. The van der Waals surface area contributed by atoms with Crippen molar-refractivity contribution >= 4 is 21.6 Å². The van der Waals surface area contributed by atoms with Crippen molar-refractivity contribution in [3.05, 3.63) is 41.2 Å². The Morgan fingerprint density at radius 1 is 1.18 bits per heavy atom. The van der Waals surface area contributed by atoms with Crippen LogP contribution in [0.4, 0.5) is 5.82 Å². The third-order valence-electron chi connectivity index (χ3n) is 3.52. The quantitative estimate of drug-likeness (QED) is 0.933. The van der Waals surface area contributed by atoms with Crippen molar-refractivity contribution in [2.24, 2.45) is 0 Å². The maximum absolute atomic E-state index is 12.5. The SMILES string of the molecule is Cc1cc(NC(=O)[C@H](C)S(=O)(=O)c2ccc(C)c(C)c2)no1. The van der Waals surface area contributed by atoms with Crippen molar-refractivity contribution in [1.29, 1.82) is 0 Å². The van der Waals surface area contributed by atoms with Crippen LogP contribution in [-0.4, -0.2) is 24.7 Å². The molecule has 0 aliphatic rings. The fourth-order valence-electron chi connectivity index (χ4n) is 1.89. The number of hydrogen-bond donors (Lipinski definition) is 1. The summed E-state index contributed by atoms with van der Waals surface area (Å²) in [6.45, 7) is 6.76. The number of sulfone groups is 1. The lowest BCUT2D eigenvalue weighted by atomic mass is 10.1. The van der Waals surface area contributed by atoms with E-state index in [1.54, 1.807) is 19.1 Å². The second kappa shape index (κ2) is 5.92. The van der Waals surface area contributed by atoms with Gasteiger partial charge >= 0.3 is 0 Å². The van der Waals surface area contributed by atoms with Crippen molar-refractivity contribution in [2.45, 2.75) is 37.8 Å². The molecule has 0 aliphatic heterocycles. The van der Waals surface area contributed by atoms with Gasteiger partial charge in [-0.1, -0.05) is 11.2 Å². The molecule has 2 aromatic rings. The predicted molar refractivity (Wildman–Crippen MR) is 82.4 cm³/mol. The molecule has 0 bridgehead atoms. The highest BCUT2D eigenvalue weighted by molar-refractivity contribution is 7.92. The van der Waals surface area contributed by atoms with E-state index in [9.17, 15) is 13.2 Å². The Kier molecular flexibility index (Phi) is 4.37. The summed E-state index contributed by atoms with van der Waals surface area (Å²) in [5.41, 5.74) is 1.86. The number of rotatable bonds is 4. The van der Waals surface area contributed by atoms with Gasteiger partial charge in [0.15, 0.2) is 15.7 Å². The van der Waals surface area contributed by atoms with Gasteiger partial charge in [0.25, 0.3) is 0 Å². The molecule has 6 nitrogen and oxygen atoms in total. The molecular weight excluding hydrogens is 304 g/mol. The first-order valence-corrected chi connectivity index (χ1v) is 8.32. The topological polar surface area (TPSA) is 89.3 Å². The number of benzene rings is 1. The summed E-state index contributed by atoms with van der Waals surface area (Å²) in [5.74, 6) is 0.0798. The van der Waals surface area contributed by atoms with Crippen molar-refractivity contribution in [2.75, 3.05) is 5.32 Å². The van der Waals surface area contributed by atoms with E-state index in [-0.39, 0.29) is 10.7 Å². The first kappa shape index (κ1) is 16.2. The van der Waals surface area contributed by atoms with Crippen molar-refractivity contribution in [3.63, 3.8) is 0 Å². The van der Waals surface area contributed by atoms with Gasteiger partial charge in [-0.05, 0) is 51.0 Å². The van der Waals surface area contributed by atoms with Gasteiger partial charge in [-0.3, -0.25) is 4.79 Å². The molecular formula is C15H18N2O4S. The number of hydrogen-bond acceptors (Lipinski definition) is 5. The predicted octanol–water partition coefficient (Wildman–Crippen LogP) is 2.40. The van der Waals surface area contributed by atoms with E-state index in [0.717, 1.165) is 11.1 Å². The Labute approximate surface area is 129 Å². The summed E-state index contributed by atoms with van der Waals surface area (Å²) < 4.78 is 29.9. The molecule has 1 aromatic carbocycles. The second-order valence-electron chi connectivity index (χ2n) is 5.25. The van der Waals surface area contributed by atoms with Crippen molar-refractivity contribution < 1.29 is 17.7 Å². The van der Waals surface area contributed by atoms with E-state index >= 15 is 0 Å². The lowest BCUT2D eigenvalue weighted by molar-refractivity contribution is -0.115. The Bertz CT molecular complexity index is 809. The molecule has 0 aliphatic carbocycles. The van der Waals surface area contributed by atoms with E-state index in [1.807, 2.05) is 13.8 Å². The molecule has 0 radical (unpaired) electrons. The van der Waals surface area contributed by atoms with Gasteiger partial charge in [0.1, 0.15) is 11.0 Å². The fraction of sp³-hybridized carbons (Fsp3) is 0.333. The summed E-state index contributed by atoms with van der Waals surface area (Å²) in [4.78, 5) is 12.3. The number of nitrogens with one attached hydrogen (secondary N) is 1. The molecule has 118 valence electrons. The molecule has 1 atom stereocenters. The second-order valence-corrected chi connectivity index (χ2v) is 7.51. The van der Waals surface area contributed by atoms with Gasteiger partial charge in [-0.2, -0.15) is 0 Å². The van der Waals surface area contributed by atoms with E-state index in [1.165, 1.54) is 19.1 Å². The minimum atomic E-state index is -3.76. The van der Waals surface area contributed by atoms with Crippen LogP contribution in [0.3, 0.4) is 0 Å². The average molecular weight is 322 g/mol. The maximum atomic E-state index is 12.5. The molecule has 1 amide bonds. The lowest BCUT2D eigenvalue weighted by Crippen LogP contribution is -2.32. The minimum Gasteiger partial charge on any atom is -0.360 e. The highest BCUT2D eigenvalue weighted by Crippen LogP contribution is 2.20. The van der Waals surface area contributed by atoms with Gasteiger partial charge in [0.2, 0.25) is 5.91 Å². The smallest absolute Gasteiger partial charge is 0.244 e. The first-order chi connectivity index (χ1) is 10.2. The Hall–Kier alpha value is -2.15. The van der Waals surface area contributed by atoms with Gasteiger partial charge in [0, 0.05) is 6.07 Å². The summed E-state index contributed by atoms with van der Waals surface area (Å²) in [6, 6.07) is 6.34. The van der Waals surface area contributed by atoms with E-state index < -0.39 is 21.0 Å². The summed E-state index contributed by atoms with van der Waals surface area (Å²) in [5, 5.41) is 4.83. The third kappa shape index (κ3) is 3.19. The largest absolute Gasteiger partial charge is 0.360 e. The van der Waals surface area contributed by atoms with Crippen LogP contribution >= 0.6 is 0 Å². The summed E-state index contributed by atoms with van der Waals surface area (Å²) >= 11 is 0. The van der Waals surface area contributed by atoms with Crippen LogP contribution in [-0.2, 0) is 14.6 Å². The molecule has 22 heavy (non-hydrogen) atoms. The summed E-state index contributed by atoms with van der Waals surface area (Å²) in [6.07, 6.45) is 0. The molecule has 0 saturated carbocycles. The third-order valence-corrected chi connectivity index (χ3v) is 5.58. The number of amides is 1. The molecule has 0 fully saturated rings. The fourth-order valence-corrected chi connectivity index (χ4v) is 3.24. The minimum absolute atomic E-state index is 0.134. The Morgan fingerprint density at radius 3 is 2.41 bits per heavy atom. The van der Waals surface area contributed by atoms with Gasteiger partial charge < -0.3 is 9.84 Å². The summed E-state index contributed by atoms with van der Waals surface area (Å²) in [7, 11) is -3.76. The first-order valence-electron chi connectivity index (χ1n) is 6.77. The molecule has 0 spiro atoms. The monoisotopic (exact) mass is 322 g/mol. The zero-order chi connectivity index (χ0) is 16.5. The number of carbonyl (C=O) groups excluding carboxylic acids is 1. The van der Waals surface area contributed by atoms with Crippen LogP contribution in [0.15, 0.2) is 33.7 Å². The molecule has 1 aromatic heterocycles. The van der Waals surface area contributed by atoms with Gasteiger partial charge in [-0.25, -0.2) is 8.42 Å². The number of aryl methyl sites for hydroxylation is 3. The molecule has 1 N–H and O–H groups in total. The van der Waals surface area contributed by atoms with Crippen LogP contribution < -0.4 is 5.32 Å². The highest BCUT2D eigenvalue weighted by atomic mass is 32.2. The maximum Gasteiger partial charge on any atom is 0.244 e. The molecule has 2 rings (SSSR count). The zero-order valence-corrected chi connectivity index (χ0v) is 13.7. The Balaban J connectivity index is 2.24. The number of nitrogens with zero attached hydrogens (tertiary/aromatic N) is 1. The van der Waals surface area contributed by atoms with Gasteiger partial charge in [0.05, 0.1) is 4.90 Å². The van der Waals surface area contributed by atoms with Crippen LogP contribution in [0, 0.1) is 20.8 Å². The molecule has 0 saturated heterocycles. The number of aromatic nitrogens is 1. The molecule has 1 heterocycles. The van der Waals surface area contributed by atoms with E-state index in [0.29, 0.717) is 5.76 Å². The van der Waals surface area contributed by atoms with Gasteiger partial charge in [-0.15, -0.1) is 0 Å². The van der Waals surface area contributed by atoms with E-state index in [4.69, 9.17) is 4.52 Å². The van der Waals surface area contributed by atoms with Crippen LogP contribution in [0.1, 0.15) is 23.8 Å². The van der Waals surface area contributed by atoms with Crippen LogP contribution in [0.5, 0.6) is 0 Å². The normalized spacial score (nSPS) is 12.9. The Morgan fingerprint density at radius 2 is 1.86 bits per heavy atom. The lowest BCUT2D eigenvalue weighted by Gasteiger charge is -2.13. The number of anilines is 1. The van der Waals surface area contributed by atoms with E-state index in [2.05, 4.69) is 10.5 Å². The number of carbonyl (C=O) groups is 1. The van der Waals surface area contributed by atoms with Crippen LogP contribution in [0.2, 0.25) is 0 Å². The average Bonchev–Trinajstić information content (AvgIpc) is 2.86. The standard InChI is InChI=1S/C15H18N2O4S/c1-9-5-6-13(7-10(9)2)22(19,20)12(4)15(18)16-14-8-11(3)21-17-14/h5-8,12H,1-4H3,(H,16,17,18)/t12-/m0/s1. The van der Waals surface area contributed by atoms with Crippen LogP contribution in [0.25, 0.3) is 0 Å². The zero-order valence-electron chi connectivity index (χ0n) is 12.9.